The lowest BCUT2D eigenvalue weighted by Gasteiger charge is -2.08. The van der Waals surface area contributed by atoms with Gasteiger partial charge in [-0.2, -0.15) is 0 Å². The quantitative estimate of drug-likeness (QED) is 0.492. The number of nitro groups is 1. The minimum Gasteiger partial charge on any atom is -0.469 e. The Morgan fingerprint density at radius 1 is 1.60 bits per heavy atom. The van der Waals surface area contributed by atoms with Crippen LogP contribution in [0.25, 0.3) is 11.0 Å². The molecule has 0 aliphatic rings. The highest BCUT2D eigenvalue weighted by molar-refractivity contribution is 5.79. The van der Waals surface area contributed by atoms with Crippen LogP contribution in [0, 0.1) is 10.1 Å². The molecule has 2 rings (SSSR count). The number of esters is 1. The monoisotopic (exact) mass is 277 g/mol. The molecule has 7 nitrogen and oxygen atoms in total. The third kappa shape index (κ3) is 3.11. The molecule has 0 fully saturated rings. The minimum absolute atomic E-state index is 0.0444. The first-order chi connectivity index (χ1) is 9.61. The predicted octanol–water partition coefficient (Wildman–Crippen LogP) is 1.70. The summed E-state index contributed by atoms with van der Waals surface area (Å²) in [4.78, 5) is 29.0. The van der Waals surface area contributed by atoms with Gasteiger partial charge in [-0.15, -0.1) is 0 Å². The lowest BCUT2D eigenvalue weighted by molar-refractivity contribution is -0.522. The van der Waals surface area contributed by atoms with Gasteiger partial charge in [0.25, 0.3) is 0 Å². The normalized spacial score (nSPS) is 12.2. The number of H-pyrrole nitrogens is 1. The molecule has 0 aliphatic carbocycles. The van der Waals surface area contributed by atoms with E-state index in [4.69, 9.17) is 0 Å². The van der Waals surface area contributed by atoms with Crippen LogP contribution in [0.2, 0.25) is 0 Å². The second-order valence-corrected chi connectivity index (χ2v) is 4.47. The third-order valence-electron chi connectivity index (χ3n) is 3.20. The van der Waals surface area contributed by atoms with Crippen LogP contribution >= 0.6 is 0 Å². The van der Waals surface area contributed by atoms with Gasteiger partial charge in [-0.3, -0.25) is 14.9 Å². The Kier molecular flexibility index (Phi) is 4.29. The standard InChI is InChI=1S/C13H15N3O4/c1-20-12(17)5-4-10(16(18)19)7-9-8-15-13-11(9)3-2-6-14-13/h2-3,6,8,10H,4-5,7H2,1H3,(H,14,15). The Balaban J connectivity index is 2.11. The number of ether oxygens (including phenoxy) is 1. The van der Waals surface area contributed by atoms with Gasteiger partial charge in [0.1, 0.15) is 5.65 Å². The number of hydrogen-bond donors (Lipinski definition) is 1. The van der Waals surface area contributed by atoms with E-state index in [1.807, 2.05) is 6.07 Å². The lowest BCUT2D eigenvalue weighted by atomic mass is 10.0. The molecule has 1 N–H and O–H groups in total. The van der Waals surface area contributed by atoms with E-state index < -0.39 is 12.0 Å². The summed E-state index contributed by atoms with van der Waals surface area (Å²) >= 11 is 0. The van der Waals surface area contributed by atoms with Gasteiger partial charge >= 0.3 is 5.97 Å². The highest BCUT2D eigenvalue weighted by atomic mass is 16.6. The van der Waals surface area contributed by atoms with Crippen molar-refractivity contribution >= 4 is 17.0 Å². The molecule has 0 aliphatic heterocycles. The fourth-order valence-electron chi connectivity index (χ4n) is 2.10. The zero-order valence-corrected chi connectivity index (χ0v) is 11.0. The van der Waals surface area contributed by atoms with Crippen LogP contribution in [-0.4, -0.2) is 34.0 Å². The molecule has 0 saturated heterocycles. The van der Waals surface area contributed by atoms with Crippen molar-refractivity contribution in [2.24, 2.45) is 0 Å². The van der Waals surface area contributed by atoms with Crippen molar-refractivity contribution in [3.8, 4) is 0 Å². The summed E-state index contributed by atoms with van der Waals surface area (Å²) in [6, 6.07) is 2.84. The molecular formula is C13H15N3O4. The molecule has 2 aromatic heterocycles. The maximum atomic E-state index is 11.1. The summed E-state index contributed by atoms with van der Waals surface area (Å²) in [5.74, 6) is -0.433. The van der Waals surface area contributed by atoms with Crippen LogP contribution in [0.5, 0.6) is 0 Å². The van der Waals surface area contributed by atoms with Crippen LogP contribution in [0.15, 0.2) is 24.5 Å². The summed E-state index contributed by atoms with van der Waals surface area (Å²) in [6.45, 7) is 0. The van der Waals surface area contributed by atoms with Crippen molar-refractivity contribution < 1.29 is 14.5 Å². The molecule has 0 aromatic carbocycles. The topological polar surface area (TPSA) is 98.1 Å². The summed E-state index contributed by atoms with van der Waals surface area (Å²) < 4.78 is 4.51. The molecule has 0 radical (unpaired) electrons. The first kappa shape index (κ1) is 14.0. The average Bonchev–Trinajstić information content (AvgIpc) is 2.86. The van der Waals surface area contributed by atoms with Gasteiger partial charge in [0.2, 0.25) is 6.04 Å². The van der Waals surface area contributed by atoms with Crippen molar-refractivity contribution in [1.82, 2.24) is 9.97 Å². The van der Waals surface area contributed by atoms with E-state index in [9.17, 15) is 14.9 Å². The molecular weight excluding hydrogens is 262 g/mol. The van der Waals surface area contributed by atoms with Crippen molar-refractivity contribution in [2.45, 2.75) is 25.3 Å². The number of rotatable bonds is 6. The number of carbonyl (C=O) groups is 1. The van der Waals surface area contributed by atoms with E-state index in [0.717, 1.165) is 10.9 Å². The number of carbonyl (C=O) groups excluding carboxylic acids is 1. The fourth-order valence-corrected chi connectivity index (χ4v) is 2.10. The maximum Gasteiger partial charge on any atom is 0.305 e. The predicted molar refractivity (Wildman–Crippen MR) is 71.8 cm³/mol. The van der Waals surface area contributed by atoms with Crippen LogP contribution in [-0.2, 0) is 16.0 Å². The van der Waals surface area contributed by atoms with Gasteiger partial charge in [-0.25, -0.2) is 4.98 Å². The second-order valence-electron chi connectivity index (χ2n) is 4.47. The second kappa shape index (κ2) is 6.14. The van der Waals surface area contributed by atoms with E-state index >= 15 is 0 Å². The number of fused-ring (bicyclic) bond motifs is 1. The van der Waals surface area contributed by atoms with Crippen molar-refractivity contribution in [2.75, 3.05) is 7.11 Å². The van der Waals surface area contributed by atoms with Gasteiger partial charge in [0, 0.05) is 35.5 Å². The van der Waals surface area contributed by atoms with E-state index in [1.165, 1.54) is 7.11 Å². The first-order valence-electron chi connectivity index (χ1n) is 6.23. The smallest absolute Gasteiger partial charge is 0.305 e. The Morgan fingerprint density at radius 2 is 2.40 bits per heavy atom. The van der Waals surface area contributed by atoms with E-state index in [0.29, 0.717) is 5.65 Å². The SMILES string of the molecule is COC(=O)CCC(Cc1c[nH]c2ncccc12)[N+](=O)[O-]. The number of pyridine rings is 1. The zero-order chi connectivity index (χ0) is 14.5. The Labute approximate surface area is 115 Å². The van der Waals surface area contributed by atoms with Gasteiger partial charge in [0.15, 0.2) is 0 Å². The Hall–Kier alpha value is -2.44. The maximum absolute atomic E-state index is 11.1. The van der Waals surface area contributed by atoms with Crippen LogP contribution < -0.4 is 0 Å². The highest BCUT2D eigenvalue weighted by Crippen LogP contribution is 2.19. The van der Waals surface area contributed by atoms with E-state index in [2.05, 4.69) is 14.7 Å². The van der Waals surface area contributed by atoms with Crippen LogP contribution in [0.1, 0.15) is 18.4 Å². The third-order valence-corrected chi connectivity index (χ3v) is 3.20. The molecule has 20 heavy (non-hydrogen) atoms. The summed E-state index contributed by atoms with van der Waals surface area (Å²) in [5.41, 5.74) is 1.54. The highest BCUT2D eigenvalue weighted by Gasteiger charge is 2.23. The van der Waals surface area contributed by atoms with Crippen LogP contribution in [0.3, 0.4) is 0 Å². The van der Waals surface area contributed by atoms with Gasteiger partial charge in [0.05, 0.1) is 13.5 Å². The molecule has 1 atom stereocenters. The molecule has 106 valence electrons. The fraction of sp³-hybridized carbons (Fsp3) is 0.385. The van der Waals surface area contributed by atoms with Gasteiger partial charge in [-0.05, 0) is 17.7 Å². The number of methoxy groups -OCH3 is 1. The van der Waals surface area contributed by atoms with Crippen LogP contribution in [0.4, 0.5) is 0 Å². The number of aromatic nitrogens is 2. The van der Waals surface area contributed by atoms with E-state index in [-0.39, 0.29) is 24.2 Å². The van der Waals surface area contributed by atoms with Crippen molar-refractivity contribution in [1.29, 1.82) is 0 Å². The average molecular weight is 277 g/mol. The molecule has 7 heteroatoms. The molecule has 0 bridgehead atoms. The molecule has 0 spiro atoms. The molecule has 0 saturated carbocycles. The molecule has 2 aromatic rings. The molecule has 2 heterocycles. The largest absolute Gasteiger partial charge is 0.469 e. The first-order valence-corrected chi connectivity index (χ1v) is 6.23. The minimum atomic E-state index is -0.812. The molecule has 0 amide bonds. The summed E-state index contributed by atoms with van der Waals surface area (Å²) in [7, 11) is 1.27. The summed E-state index contributed by atoms with van der Waals surface area (Å²) in [5, 5.41) is 12.0. The molecule has 1 unspecified atom stereocenters. The van der Waals surface area contributed by atoms with Crippen molar-refractivity contribution in [3.05, 3.63) is 40.2 Å². The van der Waals surface area contributed by atoms with Gasteiger partial charge < -0.3 is 9.72 Å². The van der Waals surface area contributed by atoms with Crippen molar-refractivity contribution in [3.63, 3.8) is 0 Å². The number of aromatic amines is 1. The van der Waals surface area contributed by atoms with Gasteiger partial charge in [-0.1, -0.05) is 0 Å². The number of nitrogens with one attached hydrogen (secondary N) is 1. The number of hydrogen-bond acceptors (Lipinski definition) is 5. The Bertz CT molecular complexity index is 623. The summed E-state index contributed by atoms with van der Waals surface area (Å²) in [6.07, 6.45) is 3.85. The lowest BCUT2D eigenvalue weighted by Crippen LogP contribution is -2.23. The number of nitrogens with zero attached hydrogens (tertiary/aromatic N) is 2. The Morgan fingerprint density at radius 3 is 3.10 bits per heavy atom. The van der Waals surface area contributed by atoms with E-state index in [1.54, 1.807) is 18.5 Å². The zero-order valence-electron chi connectivity index (χ0n) is 11.0.